The first-order chi connectivity index (χ1) is 15.4. The Kier molecular flexibility index (Phi) is 6.47. The van der Waals surface area contributed by atoms with E-state index in [9.17, 15) is 9.59 Å². The van der Waals surface area contributed by atoms with Crippen LogP contribution in [0.15, 0.2) is 60.8 Å². The van der Waals surface area contributed by atoms with Gasteiger partial charge in [-0.25, -0.2) is 0 Å². The van der Waals surface area contributed by atoms with Crippen molar-refractivity contribution in [1.82, 2.24) is 9.55 Å². The molecule has 0 saturated carbocycles. The Balaban J connectivity index is 1.35. The lowest BCUT2D eigenvalue weighted by molar-refractivity contribution is -0.142. The average Bonchev–Trinajstić information content (AvgIpc) is 3.33. The Morgan fingerprint density at radius 3 is 2.59 bits per heavy atom. The average molecular weight is 449 g/mol. The molecule has 32 heavy (non-hydrogen) atoms. The Hall–Kier alpha value is -3.31. The van der Waals surface area contributed by atoms with E-state index in [1.165, 1.54) is 0 Å². The summed E-state index contributed by atoms with van der Waals surface area (Å²) in [5.74, 6) is -0.586. The fraction of sp³-hybridized carbons (Fsp3) is 0.231. The van der Waals surface area contributed by atoms with Crippen LogP contribution in [0.2, 0.25) is 5.02 Å². The van der Waals surface area contributed by atoms with Crippen LogP contribution in [-0.2, 0) is 22.5 Å². The van der Waals surface area contributed by atoms with Crippen molar-refractivity contribution in [2.45, 2.75) is 33.2 Å². The van der Waals surface area contributed by atoms with E-state index in [1.807, 2.05) is 79.2 Å². The number of esters is 1. The normalized spacial score (nSPS) is 11.1. The molecule has 2 aromatic carbocycles. The van der Waals surface area contributed by atoms with Gasteiger partial charge in [-0.3, -0.25) is 9.59 Å². The number of nitrogens with zero attached hydrogens (tertiary/aromatic N) is 1. The van der Waals surface area contributed by atoms with Crippen molar-refractivity contribution in [2.75, 3.05) is 6.61 Å². The molecule has 0 aliphatic rings. The standard InChI is InChI=1S/C26H25ClN2O3/c1-17-13-22(18(2)29(17)15-20-7-3-5-9-23(20)27)25(30)16-32-26(31)12-11-19-14-28-24-10-6-4-8-21(19)24/h3-10,13-14,28H,11-12,15-16H2,1-2H3. The molecule has 1 N–H and O–H groups in total. The number of hydrogen-bond donors (Lipinski definition) is 1. The van der Waals surface area contributed by atoms with E-state index in [0.29, 0.717) is 23.6 Å². The first kappa shape index (κ1) is 21.9. The number of ketones is 1. The number of nitrogens with one attached hydrogen (secondary N) is 1. The summed E-state index contributed by atoms with van der Waals surface area (Å²) < 4.78 is 7.33. The van der Waals surface area contributed by atoms with E-state index >= 15 is 0 Å². The van der Waals surface area contributed by atoms with Crippen LogP contribution >= 0.6 is 11.6 Å². The first-order valence-corrected chi connectivity index (χ1v) is 11.0. The molecule has 0 amide bonds. The molecule has 164 valence electrons. The van der Waals surface area contributed by atoms with Crippen LogP contribution < -0.4 is 0 Å². The number of fused-ring (bicyclic) bond motifs is 1. The van der Waals surface area contributed by atoms with E-state index in [2.05, 4.69) is 4.98 Å². The molecule has 2 heterocycles. The Bertz CT molecular complexity index is 1290. The molecule has 0 fully saturated rings. The van der Waals surface area contributed by atoms with Crippen molar-refractivity contribution in [2.24, 2.45) is 0 Å². The van der Waals surface area contributed by atoms with Crippen LogP contribution in [-0.4, -0.2) is 27.9 Å². The van der Waals surface area contributed by atoms with E-state index in [4.69, 9.17) is 16.3 Å². The van der Waals surface area contributed by atoms with Crippen molar-refractivity contribution in [3.63, 3.8) is 0 Å². The number of benzene rings is 2. The van der Waals surface area contributed by atoms with Gasteiger partial charge in [0.25, 0.3) is 0 Å². The maximum atomic E-state index is 12.7. The Morgan fingerprint density at radius 1 is 1.03 bits per heavy atom. The minimum Gasteiger partial charge on any atom is -0.457 e. The third-order valence-electron chi connectivity index (χ3n) is 5.80. The molecular weight excluding hydrogens is 424 g/mol. The molecule has 2 aromatic heterocycles. The third kappa shape index (κ3) is 4.63. The minimum absolute atomic E-state index is 0.205. The lowest BCUT2D eigenvalue weighted by Gasteiger charge is -2.11. The quantitative estimate of drug-likeness (QED) is 0.280. The highest BCUT2D eigenvalue weighted by Gasteiger charge is 2.18. The molecule has 0 saturated heterocycles. The summed E-state index contributed by atoms with van der Waals surface area (Å²) in [6.45, 7) is 4.17. The zero-order valence-corrected chi connectivity index (χ0v) is 18.9. The number of carbonyl (C=O) groups is 2. The summed E-state index contributed by atoms with van der Waals surface area (Å²) in [6, 6.07) is 17.5. The van der Waals surface area contributed by atoms with Gasteiger partial charge in [-0.05, 0) is 49.6 Å². The first-order valence-electron chi connectivity index (χ1n) is 10.6. The van der Waals surface area contributed by atoms with E-state index in [1.54, 1.807) is 0 Å². The number of halogens is 1. The van der Waals surface area contributed by atoms with Crippen LogP contribution in [0.5, 0.6) is 0 Å². The van der Waals surface area contributed by atoms with Gasteiger partial charge in [-0.2, -0.15) is 0 Å². The number of hydrogen-bond acceptors (Lipinski definition) is 3. The molecule has 0 bridgehead atoms. The molecule has 0 unspecified atom stereocenters. The number of Topliss-reactive ketones (excluding diaryl/α,β-unsaturated/α-hetero) is 1. The lowest BCUT2D eigenvalue weighted by atomic mass is 10.1. The summed E-state index contributed by atoms with van der Waals surface area (Å²) >= 11 is 6.29. The predicted octanol–water partition coefficient (Wildman–Crippen LogP) is 5.65. The summed E-state index contributed by atoms with van der Waals surface area (Å²) in [6.07, 6.45) is 2.70. The van der Waals surface area contributed by atoms with Gasteiger partial charge in [0.2, 0.25) is 5.78 Å². The van der Waals surface area contributed by atoms with Gasteiger partial charge >= 0.3 is 5.97 Å². The molecule has 5 nitrogen and oxygen atoms in total. The Morgan fingerprint density at radius 2 is 1.78 bits per heavy atom. The molecule has 4 rings (SSSR count). The largest absolute Gasteiger partial charge is 0.457 e. The maximum absolute atomic E-state index is 12.7. The minimum atomic E-state index is -0.381. The second kappa shape index (κ2) is 9.45. The summed E-state index contributed by atoms with van der Waals surface area (Å²) in [7, 11) is 0. The van der Waals surface area contributed by atoms with Crippen LogP contribution in [0.3, 0.4) is 0 Å². The molecule has 0 radical (unpaired) electrons. The smallest absolute Gasteiger partial charge is 0.306 e. The maximum Gasteiger partial charge on any atom is 0.306 e. The number of para-hydroxylation sites is 1. The number of carbonyl (C=O) groups excluding carboxylic acids is 2. The lowest BCUT2D eigenvalue weighted by Crippen LogP contribution is -2.15. The van der Waals surface area contributed by atoms with Gasteiger partial charge < -0.3 is 14.3 Å². The second-order valence-corrected chi connectivity index (χ2v) is 8.31. The molecule has 0 aliphatic carbocycles. The number of aromatic amines is 1. The number of aryl methyl sites for hydroxylation is 2. The second-order valence-electron chi connectivity index (χ2n) is 7.91. The van der Waals surface area contributed by atoms with Gasteiger partial charge in [0, 0.05) is 52.0 Å². The summed E-state index contributed by atoms with van der Waals surface area (Å²) in [5, 5.41) is 1.79. The zero-order valence-electron chi connectivity index (χ0n) is 18.2. The molecule has 0 atom stereocenters. The third-order valence-corrected chi connectivity index (χ3v) is 6.17. The zero-order chi connectivity index (χ0) is 22.7. The van der Waals surface area contributed by atoms with Crippen molar-refractivity contribution in [1.29, 1.82) is 0 Å². The highest BCUT2D eigenvalue weighted by Crippen LogP contribution is 2.22. The molecule has 0 spiro atoms. The Labute approximate surface area is 192 Å². The van der Waals surface area contributed by atoms with Gasteiger partial charge in [0.15, 0.2) is 6.61 Å². The monoisotopic (exact) mass is 448 g/mol. The number of H-pyrrole nitrogens is 1. The van der Waals surface area contributed by atoms with Gasteiger partial charge in [0.05, 0.1) is 0 Å². The van der Waals surface area contributed by atoms with E-state index in [-0.39, 0.29) is 24.8 Å². The van der Waals surface area contributed by atoms with Crippen molar-refractivity contribution in [3.8, 4) is 0 Å². The van der Waals surface area contributed by atoms with Gasteiger partial charge in [-0.1, -0.05) is 48.0 Å². The van der Waals surface area contributed by atoms with Crippen LogP contribution in [0.25, 0.3) is 10.9 Å². The molecule has 4 aromatic rings. The number of ether oxygens (including phenoxy) is 1. The van der Waals surface area contributed by atoms with Crippen molar-refractivity contribution >= 4 is 34.3 Å². The molecule has 0 aliphatic heterocycles. The van der Waals surface area contributed by atoms with E-state index in [0.717, 1.165) is 33.4 Å². The van der Waals surface area contributed by atoms with Gasteiger partial charge in [-0.15, -0.1) is 0 Å². The predicted molar refractivity (Wildman–Crippen MR) is 126 cm³/mol. The fourth-order valence-corrected chi connectivity index (χ4v) is 4.19. The molecular formula is C26H25ClN2O3. The number of rotatable bonds is 8. The SMILES string of the molecule is Cc1cc(C(=O)COC(=O)CCc2c[nH]c3ccccc23)c(C)n1Cc1ccccc1Cl. The highest BCUT2D eigenvalue weighted by molar-refractivity contribution is 6.31. The van der Waals surface area contributed by atoms with Crippen molar-refractivity contribution < 1.29 is 14.3 Å². The van der Waals surface area contributed by atoms with E-state index < -0.39 is 0 Å². The highest BCUT2D eigenvalue weighted by atomic mass is 35.5. The van der Waals surface area contributed by atoms with Gasteiger partial charge in [0.1, 0.15) is 0 Å². The molecule has 6 heteroatoms. The van der Waals surface area contributed by atoms with Crippen LogP contribution in [0.4, 0.5) is 0 Å². The topological polar surface area (TPSA) is 64.1 Å². The van der Waals surface area contributed by atoms with Crippen molar-refractivity contribution in [3.05, 3.63) is 93.9 Å². The summed E-state index contributed by atoms with van der Waals surface area (Å²) in [5.41, 5.74) is 5.45. The number of aromatic nitrogens is 2. The van der Waals surface area contributed by atoms with Crippen LogP contribution in [0, 0.1) is 13.8 Å². The summed E-state index contributed by atoms with van der Waals surface area (Å²) in [4.78, 5) is 28.2. The fourth-order valence-electron chi connectivity index (χ4n) is 3.99. The van der Waals surface area contributed by atoms with Crippen LogP contribution in [0.1, 0.15) is 39.3 Å².